The van der Waals surface area contributed by atoms with E-state index in [0.717, 1.165) is 43.4 Å². The summed E-state index contributed by atoms with van der Waals surface area (Å²) in [4.78, 5) is 0. The van der Waals surface area contributed by atoms with Crippen LogP contribution in [0.5, 0.6) is 5.75 Å². The van der Waals surface area contributed by atoms with Crippen LogP contribution in [0.2, 0.25) is 0 Å². The van der Waals surface area contributed by atoms with Gasteiger partial charge < -0.3 is 19.7 Å². The fourth-order valence-electron chi connectivity index (χ4n) is 7.08. The number of aliphatic hydroxyl groups excluding tert-OH is 2. The molecule has 0 aliphatic heterocycles. The van der Waals surface area contributed by atoms with E-state index in [-0.39, 0.29) is 24.5 Å². The van der Waals surface area contributed by atoms with E-state index in [9.17, 15) is 10.2 Å². The van der Waals surface area contributed by atoms with Gasteiger partial charge in [-0.25, -0.2) is 0 Å². The quantitative estimate of drug-likeness (QED) is 0.173. The molecule has 2 fully saturated rings. The Bertz CT molecular complexity index is 1010. The molecule has 4 nitrogen and oxygen atoms in total. The SMILES string of the molecule is COc1ccc(COC/C(C)=C/CC[C@H](C)/C(I)=C/C[C@H](CO)[C@H]2CCC3=CCC[C@]4(C)[C@H]([C@@H]2O)[C@H]34)cc1. The van der Waals surface area contributed by atoms with Gasteiger partial charge in [-0.2, -0.15) is 0 Å². The van der Waals surface area contributed by atoms with Crippen molar-refractivity contribution in [2.75, 3.05) is 20.3 Å². The molecule has 1 aromatic carbocycles. The molecule has 0 aromatic heterocycles. The van der Waals surface area contributed by atoms with E-state index < -0.39 is 0 Å². The van der Waals surface area contributed by atoms with Gasteiger partial charge in [0.15, 0.2) is 0 Å². The van der Waals surface area contributed by atoms with Crippen molar-refractivity contribution in [1.82, 2.24) is 0 Å². The van der Waals surface area contributed by atoms with Crippen LogP contribution >= 0.6 is 22.6 Å². The van der Waals surface area contributed by atoms with Crippen LogP contribution in [-0.4, -0.2) is 36.6 Å². The van der Waals surface area contributed by atoms with E-state index in [4.69, 9.17) is 9.47 Å². The summed E-state index contributed by atoms with van der Waals surface area (Å²) in [5.74, 6) is 2.66. The summed E-state index contributed by atoms with van der Waals surface area (Å²) in [5, 5.41) is 21.7. The van der Waals surface area contributed by atoms with Gasteiger partial charge >= 0.3 is 0 Å². The predicted molar refractivity (Wildman–Crippen MR) is 163 cm³/mol. The lowest BCUT2D eigenvalue weighted by Crippen LogP contribution is -2.32. The topological polar surface area (TPSA) is 58.9 Å². The Morgan fingerprint density at radius 2 is 2.00 bits per heavy atom. The van der Waals surface area contributed by atoms with E-state index in [1.54, 1.807) is 12.7 Å². The van der Waals surface area contributed by atoms with Crippen LogP contribution < -0.4 is 4.74 Å². The Morgan fingerprint density at radius 1 is 1.24 bits per heavy atom. The highest BCUT2D eigenvalue weighted by molar-refractivity contribution is 14.1. The highest BCUT2D eigenvalue weighted by Gasteiger charge is 2.67. The van der Waals surface area contributed by atoms with E-state index in [1.165, 1.54) is 22.0 Å². The third-order valence-corrected chi connectivity index (χ3v) is 11.1. The molecule has 0 saturated heterocycles. The zero-order valence-electron chi connectivity index (χ0n) is 23.7. The van der Waals surface area contributed by atoms with Crippen LogP contribution in [0.25, 0.3) is 0 Å². The molecule has 0 amide bonds. The Morgan fingerprint density at radius 3 is 2.71 bits per heavy atom. The molecular formula is C33H47IO4. The van der Waals surface area contributed by atoms with Gasteiger partial charge in [0, 0.05) is 6.61 Å². The Kier molecular flexibility index (Phi) is 10.6. The third-order valence-electron chi connectivity index (χ3n) is 9.56. The summed E-state index contributed by atoms with van der Waals surface area (Å²) < 4.78 is 12.5. The normalized spacial score (nSPS) is 30.7. The molecule has 3 aliphatic carbocycles. The monoisotopic (exact) mass is 634 g/mol. The first kappa shape index (κ1) is 29.8. The maximum atomic E-state index is 11.4. The number of methoxy groups -OCH3 is 1. The average Bonchev–Trinajstić information content (AvgIpc) is 3.59. The highest BCUT2D eigenvalue weighted by atomic mass is 127. The van der Waals surface area contributed by atoms with Gasteiger partial charge in [-0.3, -0.25) is 0 Å². The lowest BCUT2D eigenvalue weighted by atomic mass is 9.77. The van der Waals surface area contributed by atoms with Gasteiger partial charge in [0.25, 0.3) is 0 Å². The molecular weight excluding hydrogens is 587 g/mol. The Hall–Kier alpha value is -1.15. The summed E-state index contributed by atoms with van der Waals surface area (Å²) in [6, 6.07) is 8.00. The molecule has 210 valence electrons. The molecule has 5 heteroatoms. The van der Waals surface area contributed by atoms with Crippen LogP contribution in [-0.2, 0) is 11.3 Å². The Balaban J connectivity index is 1.21. The second-order valence-corrected chi connectivity index (χ2v) is 13.4. The van der Waals surface area contributed by atoms with Gasteiger partial charge in [-0.15, -0.1) is 0 Å². The minimum atomic E-state index is -0.283. The highest BCUT2D eigenvalue weighted by Crippen LogP contribution is 2.70. The maximum Gasteiger partial charge on any atom is 0.118 e. The zero-order valence-corrected chi connectivity index (χ0v) is 25.8. The number of benzene rings is 1. The van der Waals surface area contributed by atoms with Crippen molar-refractivity contribution in [3.8, 4) is 5.75 Å². The lowest BCUT2D eigenvalue weighted by Gasteiger charge is -2.31. The first-order chi connectivity index (χ1) is 18.3. The average molecular weight is 635 g/mol. The minimum absolute atomic E-state index is 0.135. The van der Waals surface area contributed by atoms with Crippen molar-refractivity contribution in [1.29, 1.82) is 0 Å². The third kappa shape index (κ3) is 6.94. The second kappa shape index (κ2) is 13.5. The van der Waals surface area contributed by atoms with Crippen LogP contribution in [0.4, 0.5) is 0 Å². The number of hydrogen-bond acceptors (Lipinski definition) is 4. The number of halogens is 1. The maximum absolute atomic E-state index is 11.4. The van der Waals surface area contributed by atoms with Crippen LogP contribution in [0.1, 0.15) is 71.3 Å². The largest absolute Gasteiger partial charge is 0.497 e. The molecule has 0 heterocycles. The van der Waals surface area contributed by atoms with Gasteiger partial charge in [0.1, 0.15) is 5.75 Å². The number of rotatable bonds is 13. The first-order valence-corrected chi connectivity index (χ1v) is 15.6. The molecule has 7 atom stereocenters. The zero-order chi connectivity index (χ0) is 27.3. The Labute approximate surface area is 243 Å². The molecule has 0 unspecified atom stereocenters. The summed E-state index contributed by atoms with van der Waals surface area (Å²) in [7, 11) is 1.68. The van der Waals surface area contributed by atoms with Crippen LogP contribution in [0.3, 0.4) is 0 Å². The summed E-state index contributed by atoms with van der Waals surface area (Å²) in [6.07, 6.45) is 14.2. The van der Waals surface area contributed by atoms with Gasteiger partial charge in [0.2, 0.25) is 0 Å². The van der Waals surface area contributed by atoms with Gasteiger partial charge in [-0.1, -0.05) is 55.4 Å². The smallest absolute Gasteiger partial charge is 0.118 e. The van der Waals surface area contributed by atoms with E-state index in [0.29, 0.717) is 36.4 Å². The van der Waals surface area contributed by atoms with Crippen molar-refractivity contribution in [3.63, 3.8) is 0 Å². The van der Waals surface area contributed by atoms with E-state index in [1.807, 2.05) is 24.3 Å². The van der Waals surface area contributed by atoms with Gasteiger partial charge in [0.05, 0.1) is 26.4 Å². The predicted octanol–water partition coefficient (Wildman–Crippen LogP) is 7.64. The fraction of sp³-hybridized carbons (Fsp3) is 0.636. The number of ether oxygens (including phenoxy) is 2. The van der Waals surface area contributed by atoms with Gasteiger partial charge in [-0.05, 0) is 131 Å². The van der Waals surface area contributed by atoms with Crippen molar-refractivity contribution < 1.29 is 19.7 Å². The molecule has 4 rings (SSSR count). The number of aliphatic hydroxyl groups is 2. The molecule has 0 radical (unpaired) electrons. The minimum Gasteiger partial charge on any atom is -0.497 e. The molecule has 0 spiro atoms. The first-order valence-electron chi connectivity index (χ1n) is 14.5. The van der Waals surface area contributed by atoms with Crippen molar-refractivity contribution in [2.24, 2.45) is 35.0 Å². The fourth-order valence-corrected chi connectivity index (χ4v) is 7.65. The second-order valence-electron chi connectivity index (χ2n) is 12.2. The standard InChI is InChI=1S/C33H47IO4/c1-22(20-38-21-24-10-14-27(37-4)15-11-24)7-5-8-23(2)29(34)17-13-26(19-35)28-16-12-25-9-6-18-33(3)30(25)31(33)32(28)36/h7,9-11,14-15,17,23,26,28,30-32,35-36H,5-6,8,12-13,16,18-21H2,1-4H3/b22-7+,29-17-/t23-,26+,28+,30-,31-,32+,33-/m0/s1. The van der Waals surface area contributed by atoms with Crippen molar-refractivity contribution in [2.45, 2.75) is 78.4 Å². The van der Waals surface area contributed by atoms with Crippen LogP contribution in [0.15, 0.2) is 57.2 Å². The lowest BCUT2D eigenvalue weighted by molar-refractivity contribution is 0.0219. The molecule has 1 aromatic rings. The molecule has 0 bridgehead atoms. The number of fused-ring (bicyclic) bond motifs is 1. The molecule has 2 saturated carbocycles. The van der Waals surface area contributed by atoms with Crippen LogP contribution in [0, 0.1) is 35.0 Å². The summed E-state index contributed by atoms with van der Waals surface area (Å²) in [6.45, 7) is 8.21. The molecule has 38 heavy (non-hydrogen) atoms. The summed E-state index contributed by atoms with van der Waals surface area (Å²) >= 11 is 2.48. The van der Waals surface area contributed by atoms with Crippen molar-refractivity contribution in [3.05, 3.63) is 62.8 Å². The molecule has 3 aliphatic rings. The number of hydrogen-bond donors (Lipinski definition) is 2. The van der Waals surface area contributed by atoms with E-state index in [2.05, 4.69) is 61.6 Å². The van der Waals surface area contributed by atoms with E-state index >= 15 is 0 Å². The number of allylic oxidation sites excluding steroid dienone is 5. The molecule has 2 N–H and O–H groups in total. The summed E-state index contributed by atoms with van der Waals surface area (Å²) in [5.41, 5.74) is 4.30. The van der Waals surface area contributed by atoms with Crippen molar-refractivity contribution >= 4 is 22.6 Å².